The van der Waals surface area contributed by atoms with Crippen LogP contribution in [0.5, 0.6) is 5.88 Å². The predicted molar refractivity (Wildman–Crippen MR) is 101 cm³/mol. The van der Waals surface area contributed by atoms with Gasteiger partial charge in [-0.15, -0.1) is 0 Å². The maximum atomic E-state index is 14.6. The number of carboxylic acids is 1. The van der Waals surface area contributed by atoms with Crippen LogP contribution in [0, 0.1) is 11.7 Å². The summed E-state index contributed by atoms with van der Waals surface area (Å²) in [6, 6.07) is 0.472. The van der Waals surface area contributed by atoms with Gasteiger partial charge in [0.25, 0.3) is 0 Å². The number of halogens is 4. The molecule has 1 unspecified atom stereocenters. The number of aliphatic carboxylic acids is 1. The lowest BCUT2D eigenvalue weighted by Crippen LogP contribution is -2.34. The second-order valence-corrected chi connectivity index (χ2v) is 8.23. The molecule has 170 valence electrons. The highest BCUT2D eigenvalue weighted by atomic mass is 19.4. The molecule has 11 heteroatoms. The summed E-state index contributed by atoms with van der Waals surface area (Å²) in [6.45, 7) is 3.26. The van der Waals surface area contributed by atoms with Crippen LogP contribution in [0.25, 0.3) is 11.3 Å². The standard InChI is InChI=1S/C20H23F4N3O4/c1-10(19(2,3)30)27-15-6-11(18(28)29)4-5-12(15)17(26-27)13-7-16(25-8-14(13)21)31-9-20(22,23)24/h7-8,10-11,30H,4-6,9H2,1-3H3,(H,28,29)/t10?,11-/m1/s1. The minimum absolute atomic E-state index is 0.0982. The number of ether oxygens (including phenoxy) is 1. The fourth-order valence-electron chi connectivity index (χ4n) is 3.52. The van der Waals surface area contributed by atoms with Gasteiger partial charge in [0.15, 0.2) is 12.4 Å². The quantitative estimate of drug-likeness (QED) is 0.660. The molecule has 2 aromatic rings. The monoisotopic (exact) mass is 445 g/mol. The fraction of sp³-hybridized carbons (Fsp3) is 0.550. The summed E-state index contributed by atoms with van der Waals surface area (Å²) in [5.74, 6) is -2.83. The summed E-state index contributed by atoms with van der Waals surface area (Å²) in [6.07, 6.45) is -3.08. The molecule has 0 saturated carbocycles. The molecule has 0 aromatic carbocycles. The van der Waals surface area contributed by atoms with Gasteiger partial charge in [-0.05, 0) is 33.6 Å². The van der Waals surface area contributed by atoms with E-state index in [1.165, 1.54) is 4.68 Å². The first-order valence-corrected chi connectivity index (χ1v) is 9.69. The van der Waals surface area contributed by atoms with Gasteiger partial charge in [-0.25, -0.2) is 9.37 Å². The van der Waals surface area contributed by atoms with Crippen molar-refractivity contribution < 1.29 is 37.3 Å². The lowest BCUT2D eigenvalue weighted by Gasteiger charge is -2.29. The van der Waals surface area contributed by atoms with Crippen molar-refractivity contribution in [1.29, 1.82) is 0 Å². The molecule has 3 rings (SSSR count). The van der Waals surface area contributed by atoms with Crippen LogP contribution in [0.4, 0.5) is 17.6 Å². The van der Waals surface area contributed by atoms with Gasteiger partial charge in [0, 0.05) is 29.3 Å². The van der Waals surface area contributed by atoms with Gasteiger partial charge in [0.05, 0.1) is 29.5 Å². The molecule has 0 amide bonds. The Labute approximate surface area is 175 Å². The molecule has 2 N–H and O–H groups in total. The average molecular weight is 445 g/mol. The number of carboxylic acid groups (broad SMARTS) is 1. The van der Waals surface area contributed by atoms with Crippen molar-refractivity contribution in [3.63, 3.8) is 0 Å². The lowest BCUT2D eigenvalue weighted by molar-refractivity contribution is -0.154. The molecule has 0 radical (unpaired) electrons. The zero-order valence-electron chi connectivity index (χ0n) is 17.2. The van der Waals surface area contributed by atoms with Crippen LogP contribution >= 0.6 is 0 Å². The average Bonchev–Trinajstić information content (AvgIpc) is 3.03. The van der Waals surface area contributed by atoms with Crippen LogP contribution in [0.15, 0.2) is 12.3 Å². The largest absolute Gasteiger partial charge is 0.481 e. The van der Waals surface area contributed by atoms with Crippen molar-refractivity contribution in [2.75, 3.05) is 6.61 Å². The Balaban J connectivity index is 2.09. The van der Waals surface area contributed by atoms with E-state index in [1.54, 1.807) is 20.8 Å². The molecular formula is C20H23F4N3O4. The Morgan fingerprint density at radius 1 is 1.39 bits per heavy atom. The molecule has 2 aromatic heterocycles. The van der Waals surface area contributed by atoms with Crippen molar-refractivity contribution in [2.45, 2.75) is 57.9 Å². The van der Waals surface area contributed by atoms with E-state index in [-0.39, 0.29) is 17.7 Å². The minimum atomic E-state index is -4.58. The highest BCUT2D eigenvalue weighted by Gasteiger charge is 2.35. The van der Waals surface area contributed by atoms with Gasteiger partial charge in [-0.3, -0.25) is 9.48 Å². The summed E-state index contributed by atoms with van der Waals surface area (Å²) in [7, 11) is 0. The highest BCUT2D eigenvalue weighted by molar-refractivity contribution is 5.72. The smallest absolute Gasteiger partial charge is 0.422 e. The summed E-state index contributed by atoms with van der Waals surface area (Å²) in [4.78, 5) is 15.1. The van der Waals surface area contributed by atoms with Crippen LogP contribution in [0.1, 0.15) is 44.5 Å². The molecule has 2 heterocycles. The van der Waals surface area contributed by atoms with Gasteiger partial charge in [0.1, 0.15) is 0 Å². The number of rotatable bonds is 6. The highest BCUT2D eigenvalue weighted by Crippen LogP contribution is 2.38. The third-order valence-electron chi connectivity index (χ3n) is 5.51. The lowest BCUT2D eigenvalue weighted by atomic mass is 9.85. The summed E-state index contributed by atoms with van der Waals surface area (Å²) in [5, 5.41) is 24.3. The molecular weight excluding hydrogens is 422 g/mol. The van der Waals surface area contributed by atoms with Crippen molar-refractivity contribution in [2.24, 2.45) is 5.92 Å². The van der Waals surface area contributed by atoms with E-state index < -0.39 is 48.0 Å². The van der Waals surface area contributed by atoms with E-state index in [4.69, 9.17) is 0 Å². The van der Waals surface area contributed by atoms with E-state index in [0.717, 1.165) is 12.3 Å². The second-order valence-electron chi connectivity index (χ2n) is 8.23. The van der Waals surface area contributed by atoms with Crippen molar-refractivity contribution in [1.82, 2.24) is 14.8 Å². The SMILES string of the molecule is CC(n1nc(-c2cc(OCC(F)(F)F)ncc2F)c2c1C[C@H](C(=O)O)CC2)C(C)(C)O. The van der Waals surface area contributed by atoms with E-state index in [1.807, 2.05) is 0 Å². The van der Waals surface area contributed by atoms with Crippen molar-refractivity contribution >= 4 is 5.97 Å². The number of pyridine rings is 1. The summed E-state index contributed by atoms with van der Waals surface area (Å²) < 4.78 is 58.1. The topological polar surface area (TPSA) is 97.5 Å². The van der Waals surface area contributed by atoms with Gasteiger partial charge in [-0.1, -0.05) is 0 Å². The van der Waals surface area contributed by atoms with E-state index >= 15 is 0 Å². The second kappa shape index (κ2) is 8.10. The normalized spacial score (nSPS) is 17.9. The number of nitrogens with zero attached hydrogens (tertiary/aromatic N) is 3. The molecule has 0 aliphatic heterocycles. The Bertz CT molecular complexity index is 982. The number of hydrogen-bond donors (Lipinski definition) is 2. The molecule has 0 bridgehead atoms. The number of aromatic nitrogens is 3. The van der Waals surface area contributed by atoms with Crippen molar-refractivity contribution in [3.05, 3.63) is 29.3 Å². The van der Waals surface area contributed by atoms with Crippen LogP contribution in [0.3, 0.4) is 0 Å². The van der Waals surface area contributed by atoms with Gasteiger partial charge in [0.2, 0.25) is 5.88 Å². The van der Waals surface area contributed by atoms with Gasteiger partial charge >= 0.3 is 12.1 Å². The van der Waals surface area contributed by atoms with Crippen LogP contribution in [-0.2, 0) is 17.6 Å². The first kappa shape index (κ1) is 23.0. The van der Waals surface area contributed by atoms with Crippen molar-refractivity contribution in [3.8, 4) is 17.1 Å². The molecule has 0 saturated heterocycles. The first-order chi connectivity index (χ1) is 14.3. The Hall–Kier alpha value is -2.69. The van der Waals surface area contributed by atoms with Crippen LogP contribution < -0.4 is 4.74 Å². The number of fused-ring (bicyclic) bond motifs is 1. The maximum absolute atomic E-state index is 14.6. The van der Waals surface area contributed by atoms with Gasteiger partial charge < -0.3 is 14.9 Å². The number of hydrogen-bond acceptors (Lipinski definition) is 5. The van der Waals surface area contributed by atoms with E-state index in [2.05, 4.69) is 14.8 Å². The minimum Gasteiger partial charge on any atom is -0.481 e. The first-order valence-electron chi connectivity index (χ1n) is 9.69. The number of aliphatic hydroxyl groups is 1. The predicted octanol–water partition coefficient (Wildman–Crippen LogP) is 3.55. The van der Waals surface area contributed by atoms with Crippen LogP contribution in [0.2, 0.25) is 0 Å². The number of alkyl halides is 3. The molecule has 0 fully saturated rings. The summed E-state index contributed by atoms with van der Waals surface area (Å²) in [5.41, 5.74) is 0.00802. The zero-order valence-corrected chi connectivity index (χ0v) is 17.2. The van der Waals surface area contributed by atoms with Gasteiger partial charge in [-0.2, -0.15) is 18.3 Å². The molecule has 1 aliphatic carbocycles. The molecule has 7 nitrogen and oxygen atoms in total. The summed E-state index contributed by atoms with van der Waals surface area (Å²) >= 11 is 0. The molecule has 1 aliphatic rings. The Morgan fingerprint density at radius 3 is 2.65 bits per heavy atom. The fourth-order valence-corrected chi connectivity index (χ4v) is 3.52. The number of carbonyl (C=O) groups is 1. The molecule has 0 spiro atoms. The molecule has 31 heavy (non-hydrogen) atoms. The van der Waals surface area contributed by atoms with Crippen LogP contribution in [-0.4, -0.2) is 49.3 Å². The zero-order chi connectivity index (χ0) is 23.1. The molecule has 2 atom stereocenters. The Kier molecular flexibility index (Phi) is 6.01. The maximum Gasteiger partial charge on any atom is 0.422 e. The van der Waals surface area contributed by atoms with E-state index in [0.29, 0.717) is 24.1 Å². The third kappa shape index (κ3) is 4.97. The third-order valence-corrected chi connectivity index (χ3v) is 5.51. The van der Waals surface area contributed by atoms with E-state index in [9.17, 15) is 32.6 Å². The Morgan fingerprint density at radius 2 is 2.06 bits per heavy atom.